The number of halogens is 2. The molecule has 1 N–H and O–H groups in total. The number of nitrogens with one attached hydrogen (secondary N) is 1. The highest BCUT2D eigenvalue weighted by atomic mass is 127. The second-order valence-electron chi connectivity index (χ2n) is 6.77. The zero-order valence-electron chi connectivity index (χ0n) is 16.5. The van der Waals surface area contributed by atoms with E-state index in [9.17, 15) is 4.39 Å². The molecule has 1 atom stereocenters. The predicted octanol–water partition coefficient (Wildman–Crippen LogP) is 3.40. The molecule has 1 saturated heterocycles. The monoisotopic (exact) mass is 501 g/mol. The maximum atomic E-state index is 12.9. The van der Waals surface area contributed by atoms with Crippen molar-refractivity contribution in [1.29, 1.82) is 0 Å². The molecule has 0 radical (unpaired) electrons. The maximum absolute atomic E-state index is 12.9. The van der Waals surface area contributed by atoms with Gasteiger partial charge in [-0.05, 0) is 43.2 Å². The number of guanidine groups is 1. The van der Waals surface area contributed by atoms with Crippen molar-refractivity contribution in [3.8, 4) is 5.75 Å². The zero-order chi connectivity index (χ0) is 19.1. The summed E-state index contributed by atoms with van der Waals surface area (Å²) in [4.78, 5) is 7.07. The van der Waals surface area contributed by atoms with Crippen LogP contribution in [0.4, 0.5) is 4.39 Å². The van der Waals surface area contributed by atoms with Crippen molar-refractivity contribution in [3.05, 3.63) is 48.0 Å². The number of rotatable bonds is 7. The summed E-state index contributed by atoms with van der Waals surface area (Å²) in [5.74, 6) is 1.90. The Kier molecular flexibility index (Phi) is 9.01. The minimum absolute atomic E-state index is 0. The average Bonchev–Trinajstić information content (AvgIpc) is 3.31. The molecule has 6 nitrogen and oxygen atoms in total. The second kappa shape index (κ2) is 11.2. The molecule has 0 amide bonds. The van der Waals surface area contributed by atoms with E-state index >= 15 is 0 Å². The number of aromatic nitrogens is 2. The average molecular weight is 501 g/mol. The lowest BCUT2D eigenvalue weighted by Crippen LogP contribution is -2.40. The SMILES string of the molecule is CCNC(=NCCCOc1ccc(F)cc1)N1CCC(c2cnn(C)c2)C1.I. The van der Waals surface area contributed by atoms with Crippen LogP contribution in [0, 0.1) is 5.82 Å². The Hall–Kier alpha value is -1.84. The molecular formula is C20H29FIN5O. The highest BCUT2D eigenvalue weighted by Gasteiger charge is 2.26. The Labute approximate surface area is 183 Å². The third-order valence-corrected chi connectivity index (χ3v) is 4.67. The standard InChI is InChI=1S/C20H28FN5O.HI/c1-3-22-20(23-10-4-12-27-19-7-5-18(21)6-8-19)26-11-9-16(15-26)17-13-24-25(2)14-17;/h5-8,13-14,16H,3-4,9-12,15H2,1-2H3,(H,22,23);1H. The number of aryl methyl sites for hydroxylation is 1. The first-order valence-corrected chi connectivity index (χ1v) is 9.56. The molecule has 0 bridgehead atoms. The molecular weight excluding hydrogens is 472 g/mol. The van der Waals surface area contributed by atoms with E-state index in [1.54, 1.807) is 12.1 Å². The van der Waals surface area contributed by atoms with Crippen LogP contribution < -0.4 is 10.1 Å². The number of ether oxygens (including phenoxy) is 1. The van der Waals surface area contributed by atoms with Crippen LogP contribution in [0.25, 0.3) is 0 Å². The molecule has 0 spiro atoms. The summed E-state index contributed by atoms with van der Waals surface area (Å²) in [5, 5.41) is 7.67. The third-order valence-electron chi connectivity index (χ3n) is 4.67. The fraction of sp³-hybridized carbons (Fsp3) is 0.500. The van der Waals surface area contributed by atoms with E-state index in [1.165, 1.54) is 17.7 Å². The molecule has 1 aliphatic heterocycles. The largest absolute Gasteiger partial charge is 0.494 e. The molecule has 1 aromatic heterocycles. The maximum Gasteiger partial charge on any atom is 0.193 e. The summed E-state index contributed by atoms with van der Waals surface area (Å²) in [6.07, 6.45) is 5.99. The van der Waals surface area contributed by atoms with E-state index < -0.39 is 0 Å². The van der Waals surface area contributed by atoms with Crippen LogP contribution in [0.15, 0.2) is 41.7 Å². The molecule has 1 aliphatic rings. The molecule has 3 rings (SSSR count). The normalized spacial score (nSPS) is 16.8. The first-order valence-electron chi connectivity index (χ1n) is 9.56. The molecule has 2 aromatic rings. The first-order chi connectivity index (χ1) is 13.2. The Morgan fingerprint density at radius 2 is 2.14 bits per heavy atom. The third kappa shape index (κ3) is 6.35. The number of benzene rings is 1. The van der Waals surface area contributed by atoms with E-state index in [4.69, 9.17) is 9.73 Å². The van der Waals surface area contributed by atoms with Gasteiger partial charge in [0.15, 0.2) is 5.96 Å². The highest BCUT2D eigenvalue weighted by molar-refractivity contribution is 14.0. The predicted molar refractivity (Wildman–Crippen MR) is 120 cm³/mol. The lowest BCUT2D eigenvalue weighted by Gasteiger charge is -2.21. The quantitative estimate of drug-likeness (QED) is 0.274. The van der Waals surface area contributed by atoms with Gasteiger partial charge in [0.2, 0.25) is 0 Å². The minimum Gasteiger partial charge on any atom is -0.494 e. The van der Waals surface area contributed by atoms with Gasteiger partial charge in [-0.15, -0.1) is 24.0 Å². The molecule has 1 fully saturated rings. The van der Waals surface area contributed by atoms with E-state index in [-0.39, 0.29) is 29.8 Å². The lowest BCUT2D eigenvalue weighted by atomic mass is 10.0. The molecule has 8 heteroatoms. The molecule has 28 heavy (non-hydrogen) atoms. The summed E-state index contributed by atoms with van der Waals surface area (Å²) in [6.45, 7) is 6.15. The minimum atomic E-state index is -0.252. The molecule has 1 unspecified atom stereocenters. The molecule has 0 aliphatic carbocycles. The Morgan fingerprint density at radius 3 is 2.82 bits per heavy atom. The van der Waals surface area contributed by atoms with Crippen molar-refractivity contribution >= 4 is 29.9 Å². The van der Waals surface area contributed by atoms with Crippen LogP contribution in [0.3, 0.4) is 0 Å². The van der Waals surface area contributed by atoms with Gasteiger partial charge < -0.3 is 15.0 Å². The van der Waals surface area contributed by atoms with Crippen LogP contribution in [-0.4, -0.2) is 53.4 Å². The van der Waals surface area contributed by atoms with Crippen LogP contribution in [0.2, 0.25) is 0 Å². The topological polar surface area (TPSA) is 54.7 Å². The highest BCUT2D eigenvalue weighted by Crippen LogP contribution is 2.26. The number of hydrogen-bond donors (Lipinski definition) is 1. The van der Waals surface area contributed by atoms with E-state index in [0.29, 0.717) is 24.8 Å². The lowest BCUT2D eigenvalue weighted by molar-refractivity contribution is 0.312. The van der Waals surface area contributed by atoms with Crippen molar-refractivity contribution < 1.29 is 9.13 Å². The summed E-state index contributed by atoms with van der Waals surface area (Å²) in [5.41, 5.74) is 1.29. The van der Waals surface area contributed by atoms with Gasteiger partial charge in [0.05, 0.1) is 12.8 Å². The summed E-state index contributed by atoms with van der Waals surface area (Å²) in [7, 11) is 1.95. The Bertz CT molecular complexity index is 749. The number of hydrogen-bond acceptors (Lipinski definition) is 3. The van der Waals surface area contributed by atoms with Gasteiger partial charge in [-0.1, -0.05) is 0 Å². The van der Waals surface area contributed by atoms with Gasteiger partial charge in [-0.3, -0.25) is 9.67 Å². The van der Waals surface area contributed by atoms with Crippen molar-refractivity contribution in [1.82, 2.24) is 20.0 Å². The zero-order valence-corrected chi connectivity index (χ0v) is 18.8. The molecule has 154 valence electrons. The van der Waals surface area contributed by atoms with Gasteiger partial charge in [0.1, 0.15) is 11.6 Å². The van der Waals surface area contributed by atoms with Gasteiger partial charge in [-0.2, -0.15) is 5.10 Å². The van der Waals surface area contributed by atoms with Gasteiger partial charge in [0, 0.05) is 51.8 Å². The van der Waals surface area contributed by atoms with Crippen molar-refractivity contribution in [2.45, 2.75) is 25.7 Å². The van der Waals surface area contributed by atoms with Crippen LogP contribution in [0.1, 0.15) is 31.2 Å². The summed E-state index contributed by atoms with van der Waals surface area (Å²) < 4.78 is 20.4. The smallest absolute Gasteiger partial charge is 0.193 e. The Morgan fingerprint density at radius 1 is 1.36 bits per heavy atom. The van der Waals surface area contributed by atoms with Gasteiger partial charge in [-0.25, -0.2) is 4.39 Å². The van der Waals surface area contributed by atoms with E-state index in [2.05, 4.69) is 28.4 Å². The molecule has 1 aromatic carbocycles. The molecule has 2 heterocycles. The summed E-state index contributed by atoms with van der Waals surface area (Å²) in [6, 6.07) is 6.10. The van der Waals surface area contributed by atoms with Gasteiger partial charge >= 0.3 is 0 Å². The van der Waals surface area contributed by atoms with Crippen LogP contribution >= 0.6 is 24.0 Å². The number of nitrogens with zero attached hydrogens (tertiary/aromatic N) is 4. The summed E-state index contributed by atoms with van der Waals surface area (Å²) >= 11 is 0. The van der Waals surface area contributed by atoms with Crippen molar-refractivity contribution in [2.75, 3.05) is 32.8 Å². The van der Waals surface area contributed by atoms with Crippen LogP contribution in [-0.2, 0) is 7.05 Å². The fourth-order valence-electron chi connectivity index (χ4n) is 3.27. The van der Waals surface area contributed by atoms with E-state index in [0.717, 1.165) is 38.4 Å². The molecule has 0 saturated carbocycles. The van der Waals surface area contributed by atoms with Gasteiger partial charge in [0.25, 0.3) is 0 Å². The number of aliphatic imine (C=N–C) groups is 1. The first kappa shape index (κ1) is 22.4. The van der Waals surface area contributed by atoms with Crippen molar-refractivity contribution in [3.63, 3.8) is 0 Å². The Balaban J connectivity index is 0.00000280. The van der Waals surface area contributed by atoms with E-state index in [1.807, 2.05) is 17.9 Å². The van der Waals surface area contributed by atoms with Crippen molar-refractivity contribution in [2.24, 2.45) is 12.0 Å². The van der Waals surface area contributed by atoms with Crippen LogP contribution in [0.5, 0.6) is 5.75 Å². The fourth-order valence-corrected chi connectivity index (χ4v) is 3.27. The second-order valence-corrected chi connectivity index (χ2v) is 6.77. The number of likely N-dealkylation sites (tertiary alicyclic amines) is 1.